The average Bonchev–Trinajstić information content (AvgIpc) is 3.22. The molecule has 1 atom stereocenters. The first-order chi connectivity index (χ1) is 10.1. The molecule has 21 heavy (non-hydrogen) atoms. The second kappa shape index (κ2) is 5.30. The fourth-order valence-corrected chi connectivity index (χ4v) is 3.68. The number of hydrogen-bond donors (Lipinski definition) is 2. The highest BCUT2D eigenvalue weighted by Gasteiger charge is 2.59. The lowest BCUT2D eigenvalue weighted by atomic mass is 9.78. The average molecular weight is 286 g/mol. The lowest BCUT2D eigenvalue weighted by Gasteiger charge is -2.31. The molecule has 0 radical (unpaired) electrons. The molecule has 0 aliphatic heterocycles. The molecule has 0 spiro atoms. The maximum Gasteiger partial charge on any atom is 0.322 e. The summed E-state index contributed by atoms with van der Waals surface area (Å²) in [5, 5.41) is 20.8. The van der Waals surface area contributed by atoms with Crippen molar-refractivity contribution in [2.24, 2.45) is 0 Å². The van der Waals surface area contributed by atoms with E-state index in [1.807, 2.05) is 30.3 Å². The third kappa shape index (κ3) is 2.40. The van der Waals surface area contributed by atoms with E-state index in [4.69, 9.17) is 0 Å². The second-order valence-corrected chi connectivity index (χ2v) is 6.34. The van der Waals surface area contributed by atoms with E-state index in [0.29, 0.717) is 18.4 Å². The van der Waals surface area contributed by atoms with Gasteiger partial charge >= 0.3 is 5.97 Å². The highest BCUT2D eigenvalue weighted by molar-refractivity contribution is 5.95. The largest absolute Gasteiger partial charge is 0.480 e. The van der Waals surface area contributed by atoms with Crippen LogP contribution in [0.5, 0.6) is 0 Å². The molecule has 3 nitrogen and oxygen atoms in total. The Morgan fingerprint density at radius 3 is 2.10 bits per heavy atom. The zero-order valence-corrected chi connectivity index (χ0v) is 12.2. The molecule has 2 N–H and O–H groups in total. The van der Waals surface area contributed by atoms with Crippen LogP contribution in [0.4, 0.5) is 0 Å². The number of rotatable bonds is 3. The molecule has 1 unspecified atom stereocenters. The third-order valence-corrected chi connectivity index (χ3v) is 4.95. The number of carboxylic acids is 1. The van der Waals surface area contributed by atoms with E-state index in [2.05, 4.69) is 0 Å². The summed E-state index contributed by atoms with van der Waals surface area (Å²) in [5.74, 6) is -0.876. The minimum absolute atomic E-state index is 0.681. The third-order valence-electron chi connectivity index (χ3n) is 4.95. The Balaban J connectivity index is 1.89. The van der Waals surface area contributed by atoms with Crippen LogP contribution in [0.3, 0.4) is 0 Å². The fourth-order valence-electron chi connectivity index (χ4n) is 3.68. The van der Waals surface area contributed by atoms with Gasteiger partial charge < -0.3 is 10.2 Å². The second-order valence-electron chi connectivity index (χ2n) is 6.34. The lowest BCUT2D eigenvalue weighted by molar-refractivity contribution is -0.140. The number of aliphatic hydroxyl groups is 1. The molecule has 0 amide bonds. The summed E-state index contributed by atoms with van der Waals surface area (Å²) < 4.78 is 0. The predicted octanol–water partition coefficient (Wildman–Crippen LogP) is 3.42. The molecule has 1 aromatic carbocycles. The Morgan fingerprint density at radius 2 is 1.52 bits per heavy atom. The van der Waals surface area contributed by atoms with Crippen LogP contribution in [0.2, 0.25) is 0 Å². The van der Waals surface area contributed by atoms with E-state index in [1.165, 1.54) is 6.42 Å². The van der Waals surface area contributed by atoms with E-state index in [0.717, 1.165) is 31.2 Å². The molecular formula is C18H22O3. The van der Waals surface area contributed by atoms with Gasteiger partial charge in [0.25, 0.3) is 0 Å². The number of hydrogen-bond acceptors (Lipinski definition) is 2. The summed E-state index contributed by atoms with van der Waals surface area (Å²) in [5.41, 5.74) is -0.553. The van der Waals surface area contributed by atoms with Crippen LogP contribution in [0.1, 0.15) is 50.5 Å². The summed E-state index contributed by atoms with van der Waals surface area (Å²) in [6, 6.07) is 9.26. The van der Waals surface area contributed by atoms with E-state index in [9.17, 15) is 15.0 Å². The van der Waals surface area contributed by atoms with Crippen molar-refractivity contribution in [2.45, 2.75) is 56.0 Å². The van der Waals surface area contributed by atoms with Crippen LogP contribution >= 0.6 is 0 Å². The zero-order chi connectivity index (χ0) is 14.9. The molecule has 2 aliphatic rings. The van der Waals surface area contributed by atoms with Gasteiger partial charge in [0.1, 0.15) is 5.41 Å². The van der Waals surface area contributed by atoms with Crippen molar-refractivity contribution in [1.82, 2.24) is 0 Å². The Morgan fingerprint density at radius 1 is 0.952 bits per heavy atom. The molecule has 112 valence electrons. The maximum atomic E-state index is 11.9. The molecule has 0 bridgehead atoms. The van der Waals surface area contributed by atoms with Crippen molar-refractivity contribution in [3.8, 4) is 0 Å². The van der Waals surface area contributed by atoms with Gasteiger partial charge in [-0.25, -0.2) is 0 Å². The lowest BCUT2D eigenvalue weighted by Crippen LogP contribution is -2.36. The van der Waals surface area contributed by atoms with Crippen LogP contribution in [0, 0.1) is 0 Å². The highest BCUT2D eigenvalue weighted by Crippen LogP contribution is 2.55. The highest BCUT2D eigenvalue weighted by atomic mass is 16.4. The van der Waals surface area contributed by atoms with Gasteiger partial charge in [0.15, 0.2) is 0 Å². The van der Waals surface area contributed by atoms with Gasteiger partial charge in [-0.3, -0.25) is 4.79 Å². The Labute approximate surface area is 125 Å². The van der Waals surface area contributed by atoms with Gasteiger partial charge in [0, 0.05) is 0 Å². The van der Waals surface area contributed by atoms with Crippen LogP contribution in [-0.2, 0) is 10.2 Å². The van der Waals surface area contributed by atoms with E-state index >= 15 is 0 Å². The quantitative estimate of drug-likeness (QED) is 0.837. The Kier molecular flexibility index (Phi) is 3.62. The zero-order valence-electron chi connectivity index (χ0n) is 12.2. The van der Waals surface area contributed by atoms with Crippen molar-refractivity contribution in [3.63, 3.8) is 0 Å². The van der Waals surface area contributed by atoms with Crippen molar-refractivity contribution in [3.05, 3.63) is 47.5 Å². The number of carbonyl (C=O) groups is 1. The molecule has 0 aromatic heterocycles. The monoisotopic (exact) mass is 286 g/mol. The number of benzene rings is 1. The predicted molar refractivity (Wildman–Crippen MR) is 81.1 cm³/mol. The first-order valence-corrected chi connectivity index (χ1v) is 7.85. The van der Waals surface area contributed by atoms with Gasteiger partial charge in [-0.15, -0.1) is 0 Å². The van der Waals surface area contributed by atoms with Crippen molar-refractivity contribution >= 4 is 5.97 Å². The smallest absolute Gasteiger partial charge is 0.322 e. The van der Waals surface area contributed by atoms with E-state index in [-0.39, 0.29) is 0 Å². The molecule has 1 fully saturated rings. The molecule has 0 heterocycles. The van der Waals surface area contributed by atoms with Gasteiger partial charge in [0.2, 0.25) is 0 Å². The number of aliphatic carboxylic acids is 1. The summed E-state index contributed by atoms with van der Waals surface area (Å²) in [6.07, 6.45) is 8.53. The van der Waals surface area contributed by atoms with Crippen molar-refractivity contribution in [1.29, 1.82) is 0 Å². The first kappa shape index (κ1) is 14.3. The standard InChI is InChI=1S/C18H22O3/c19-16(20)18(14-9-5-4-6-10-14)13-15(18)17(21)11-7-2-1-3-8-12-17/h4-6,9-10,13,21H,1-3,7-8,11-12H2,(H,19,20). The molecule has 3 rings (SSSR count). The van der Waals surface area contributed by atoms with Crippen LogP contribution in [0.15, 0.2) is 42.0 Å². The topological polar surface area (TPSA) is 57.5 Å². The van der Waals surface area contributed by atoms with Crippen LogP contribution in [0.25, 0.3) is 0 Å². The number of carboxylic acid groups (broad SMARTS) is 1. The molecule has 0 saturated heterocycles. The van der Waals surface area contributed by atoms with E-state index < -0.39 is 17.0 Å². The SMILES string of the molecule is O=C(O)C1(c2ccccc2)C=C1C1(O)CCCCCCC1. The van der Waals surface area contributed by atoms with Gasteiger partial charge in [-0.05, 0) is 24.0 Å². The fraction of sp³-hybridized carbons (Fsp3) is 0.500. The minimum atomic E-state index is -1.07. The first-order valence-electron chi connectivity index (χ1n) is 7.85. The Hall–Kier alpha value is -1.61. The van der Waals surface area contributed by atoms with Gasteiger partial charge in [-0.2, -0.15) is 0 Å². The summed E-state index contributed by atoms with van der Waals surface area (Å²) >= 11 is 0. The molecular weight excluding hydrogens is 264 g/mol. The Bertz CT molecular complexity index is 553. The maximum absolute atomic E-state index is 11.9. The molecule has 2 aliphatic carbocycles. The van der Waals surface area contributed by atoms with E-state index in [1.54, 1.807) is 6.08 Å². The van der Waals surface area contributed by atoms with Crippen molar-refractivity contribution in [2.75, 3.05) is 0 Å². The van der Waals surface area contributed by atoms with Gasteiger partial charge in [-0.1, -0.05) is 68.5 Å². The molecule has 3 heteroatoms. The normalized spacial score (nSPS) is 28.1. The van der Waals surface area contributed by atoms with Gasteiger partial charge in [0.05, 0.1) is 5.60 Å². The summed E-state index contributed by atoms with van der Waals surface area (Å²) in [7, 11) is 0. The van der Waals surface area contributed by atoms with Crippen LogP contribution in [-0.4, -0.2) is 21.8 Å². The summed E-state index contributed by atoms with van der Waals surface area (Å²) in [6.45, 7) is 0. The molecule has 1 saturated carbocycles. The van der Waals surface area contributed by atoms with Crippen molar-refractivity contribution < 1.29 is 15.0 Å². The van der Waals surface area contributed by atoms with Crippen LogP contribution < -0.4 is 0 Å². The summed E-state index contributed by atoms with van der Waals surface area (Å²) in [4.78, 5) is 11.9. The molecule has 1 aromatic rings. The minimum Gasteiger partial charge on any atom is -0.480 e.